The van der Waals surface area contributed by atoms with E-state index in [1.54, 1.807) is 6.92 Å². The van der Waals surface area contributed by atoms with Crippen LogP contribution in [-0.2, 0) is 9.59 Å². The maximum absolute atomic E-state index is 11.7. The highest BCUT2D eigenvalue weighted by Gasteiger charge is 2.17. The Morgan fingerprint density at radius 1 is 1.25 bits per heavy atom. The number of aliphatic carboxylic acids is 1. The lowest BCUT2D eigenvalue weighted by molar-refractivity contribution is -0.139. The van der Waals surface area contributed by atoms with Crippen LogP contribution < -0.4 is 0 Å². The zero-order valence-electron chi connectivity index (χ0n) is 10.1. The van der Waals surface area contributed by atoms with Crippen LogP contribution in [0.25, 0.3) is 0 Å². The Hall–Kier alpha value is -1.10. The van der Waals surface area contributed by atoms with E-state index < -0.39 is 12.1 Å². The lowest BCUT2D eigenvalue weighted by Gasteiger charge is -2.24. The minimum absolute atomic E-state index is 0.0868. The number of carbonyl (C=O) groups is 2. The fourth-order valence-electron chi connectivity index (χ4n) is 1.35. The standard InChI is InChI=1S/C11H21NO4/c1-8(2)6-10(14)12(7-9(3)13)5-4-11(15)16/h8-9,13H,4-7H2,1-3H3,(H,15,16). The van der Waals surface area contributed by atoms with Crippen molar-refractivity contribution in [2.45, 2.75) is 39.7 Å². The normalized spacial score (nSPS) is 12.6. The highest BCUT2D eigenvalue weighted by atomic mass is 16.4. The molecule has 0 spiro atoms. The van der Waals surface area contributed by atoms with Crippen LogP contribution in [0.3, 0.4) is 0 Å². The van der Waals surface area contributed by atoms with Gasteiger partial charge in [0.1, 0.15) is 0 Å². The van der Waals surface area contributed by atoms with E-state index in [9.17, 15) is 14.7 Å². The maximum atomic E-state index is 11.7. The van der Waals surface area contributed by atoms with Crippen molar-refractivity contribution in [3.63, 3.8) is 0 Å². The molecule has 0 aliphatic carbocycles. The van der Waals surface area contributed by atoms with E-state index >= 15 is 0 Å². The van der Waals surface area contributed by atoms with Crippen LogP contribution in [0, 0.1) is 5.92 Å². The van der Waals surface area contributed by atoms with Gasteiger partial charge < -0.3 is 15.1 Å². The van der Waals surface area contributed by atoms with Crippen LogP contribution >= 0.6 is 0 Å². The Kier molecular flexibility index (Phi) is 6.72. The molecule has 1 unspecified atom stereocenters. The van der Waals surface area contributed by atoms with E-state index in [4.69, 9.17) is 5.11 Å². The third-order valence-electron chi connectivity index (χ3n) is 2.02. The van der Waals surface area contributed by atoms with E-state index in [1.807, 2.05) is 13.8 Å². The number of nitrogens with zero attached hydrogens (tertiary/aromatic N) is 1. The molecule has 16 heavy (non-hydrogen) atoms. The van der Waals surface area contributed by atoms with E-state index in [2.05, 4.69) is 0 Å². The van der Waals surface area contributed by atoms with Gasteiger partial charge in [-0.1, -0.05) is 13.8 Å². The lowest BCUT2D eigenvalue weighted by Crippen LogP contribution is -2.38. The molecule has 0 rings (SSSR count). The Morgan fingerprint density at radius 3 is 2.19 bits per heavy atom. The van der Waals surface area contributed by atoms with Crippen molar-refractivity contribution < 1.29 is 19.8 Å². The molecular formula is C11H21NO4. The Balaban J connectivity index is 4.28. The van der Waals surface area contributed by atoms with Crippen molar-refractivity contribution >= 4 is 11.9 Å². The molecule has 2 N–H and O–H groups in total. The summed E-state index contributed by atoms with van der Waals surface area (Å²) in [6.07, 6.45) is -0.340. The molecule has 0 fully saturated rings. The van der Waals surface area contributed by atoms with Crippen molar-refractivity contribution in [3.05, 3.63) is 0 Å². The first-order chi connectivity index (χ1) is 7.32. The van der Waals surface area contributed by atoms with Gasteiger partial charge in [0.15, 0.2) is 0 Å². The van der Waals surface area contributed by atoms with Crippen LogP contribution in [0.2, 0.25) is 0 Å². The van der Waals surface area contributed by atoms with Crippen molar-refractivity contribution in [3.8, 4) is 0 Å². The van der Waals surface area contributed by atoms with Gasteiger partial charge in [-0.05, 0) is 12.8 Å². The van der Waals surface area contributed by atoms with Crippen LogP contribution in [0.4, 0.5) is 0 Å². The fourth-order valence-corrected chi connectivity index (χ4v) is 1.35. The largest absolute Gasteiger partial charge is 0.481 e. The molecule has 0 aromatic carbocycles. The molecule has 0 aliphatic rings. The molecule has 5 heteroatoms. The molecule has 1 amide bonds. The minimum Gasteiger partial charge on any atom is -0.481 e. The maximum Gasteiger partial charge on any atom is 0.305 e. The van der Waals surface area contributed by atoms with Crippen LogP contribution in [-0.4, -0.2) is 46.2 Å². The molecule has 0 aromatic rings. The monoisotopic (exact) mass is 231 g/mol. The number of carboxylic acid groups (broad SMARTS) is 1. The van der Waals surface area contributed by atoms with Gasteiger partial charge in [-0.2, -0.15) is 0 Å². The van der Waals surface area contributed by atoms with Crippen molar-refractivity contribution in [2.24, 2.45) is 5.92 Å². The average Bonchev–Trinajstić information content (AvgIpc) is 2.09. The van der Waals surface area contributed by atoms with Gasteiger partial charge >= 0.3 is 5.97 Å². The molecular weight excluding hydrogens is 210 g/mol. The van der Waals surface area contributed by atoms with Gasteiger partial charge in [0.25, 0.3) is 0 Å². The van der Waals surface area contributed by atoms with Gasteiger partial charge in [-0.3, -0.25) is 9.59 Å². The average molecular weight is 231 g/mol. The number of aliphatic hydroxyl groups is 1. The van der Waals surface area contributed by atoms with Gasteiger partial charge in [0.2, 0.25) is 5.91 Å². The summed E-state index contributed by atoms with van der Waals surface area (Å²) in [5.41, 5.74) is 0. The Labute approximate surface area is 96.1 Å². The second-order valence-corrected chi connectivity index (χ2v) is 4.43. The summed E-state index contributed by atoms with van der Waals surface area (Å²) in [4.78, 5) is 23.6. The van der Waals surface area contributed by atoms with E-state index in [0.717, 1.165) is 0 Å². The first-order valence-corrected chi connectivity index (χ1v) is 5.50. The van der Waals surface area contributed by atoms with Gasteiger partial charge in [-0.25, -0.2) is 0 Å². The SMILES string of the molecule is CC(C)CC(=O)N(CCC(=O)O)CC(C)O. The summed E-state index contributed by atoms with van der Waals surface area (Å²) in [6.45, 7) is 5.78. The summed E-state index contributed by atoms with van der Waals surface area (Å²) in [6, 6.07) is 0. The molecule has 1 atom stereocenters. The smallest absolute Gasteiger partial charge is 0.305 e. The zero-order valence-corrected chi connectivity index (χ0v) is 10.1. The molecule has 0 saturated carbocycles. The molecule has 0 radical (unpaired) electrons. The summed E-state index contributed by atoms with van der Waals surface area (Å²) >= 11 is 0. The number of rotatable bonds is 7. The third kappa shape index (κ3) is 7.23. The molecule has 0 saturated heterocycles. The number of carbonyl (C=O) groups excluding carboxylic acids is 1. The minimum atomic E-state index is -0.937. The van der Waals surface area contributed by atoms with Crippen LogP contribution in [0.15, 0.2) is 0 Å². The number of carboxylic acids is 1. The number of hydrogen-bond acceptors (Lipinski definition) is 3. The summed E-state index contributed by atoms with van der Waals surface area (Å²) < 4.78 is 0. The van der Waals surface area contributed by atoms with E-state index in [-0.39, 0.29) is 31.3 Å². The van der Waals surface area contributed by atoms with E-state index in [1.165, 1.54) is 4.90 Å². The van der Waals surface area contributed by atoms with Crippen molar-refractivity contribution in [1.82, 2.24) is 4.90 Å². The lowest BCUT2D eigenvalue weighted by atomic mass is 10.1. The van der Waals surface area contributed by atoms with Crippen LogP contribution in [0.1, 0.15) is 33.6 Å². The van der Waals surface area contributed by atoms with Gasteiger partial charge in [-0.15, -0.1) is 0 Å². The third-order valence-corrected chi connectivity index (χ3v) is 2.02. The van der Waals surface area contributed by atoms with Gasteiger partial charge in [0.05, 0.1) is 12.5 Å². The quantitative estimate of drug-likeness (QED) is 0.676. The summed E-state index contributed by atoms with van der Waals surface area (Å²) in [7, 11) is 0. The van der Waals surface area contributed by atoms with Crippen LogP contribution in [0.5, 0.6) is 0 Å². The topological polar surface area (TPSA) is 77.8 Å². The highest BCUT2D eigenvalue weighted by Crippen LogP contribution is 2.06. The molecule has 0 heterocycles. The second kappa shape index (κ2) is 7.22. The first kappa shape index (κ1) is 14.9. The number of aliphatic hydroxyl groups excluding tert-OH is 1. The van der Waals surface area contributed by atoms with Crippen molar-refractivity contribution in [1.29, 1.82) is 0 Å². The predicted octanol–water partition coefficient (Wildman–Crippen LogP) is 0.717. The Morgan fingerprint density at radius 2 is 1.81 bits per heavy atom. The molecule has 5 nitrogen and oxygen atoms in total. The summed E-state index contributed by atoms with van der Waals surface area (Å²) in [5.74, 6) is -0.807. The second-order valence-electron chi connectivity index (χ2n) is 4.43. The fraction of sp³-hybridized carbons (Fsp3) is 0.818. The number of hydrogen-bond donors (Lipinski definition) is 2. The molecule has 94 valence electrons. The van der Waals surface area contributed by atoms with E-state index in [0.29, 0.717) is 6.42 Å². The van der Waals surface area contributed by atoms with Gasteiger partial charge in [0, 0.05) is 19.5 Å². The molecule has 0 aliphatic heterocycles. The number of amides is 1. The zero-order chi connectivity index (χ0) is 12.7. The Bertz CT molecular complexity index is 238. The first-order valence-electron chi connectivity index (χ1n) is 5.50. The molecule has 0 bridgehead atoms. The predicted molar refractivity (Wildman–Crippen MR) is 60.0 cm³/mol. The van der Waals surface area contributed by atoms with Crippen molar-refractivity contribution in [2.75, 3.05) is 13.1 Å². The highest BCUT2D eigenvalue weighted by molar-refractivity contribution is 5.77. The summed E-state index contributed by atoms with van der Waals surface area (Å²) in [5, 5.41) is 17.8. The molecule has 0 aromatic heterocycles.